The van der Waals surface area contributed by atoms with Gasteiger partial charge in [-0.15, -0.1) is 0 Å². The van der Waals surface area contributed by atoms with E-state index in [1.807, 2.05) is 0 Å². The first-order chi connectivity index (χ1) is 8.47. The number of phenolic OH excluding ortho intramolecular Hbond substituents is 1. The molecule has 0 aliphatic heterocycles. The predicted octanol–water partition coefficient (Wildman–Crippen LogP) is 1.37. The number of nitrogens with one attached hydrogen (secondary N) is 1. The summed E-state index contributed by atoms with van der Waals surface area (Å²) < 4.78 is 4.88. The maximum Gasteiger partial charge on any atom is 0.325 e. The van der Waals surface area contributed by atoms with Crippen molar-refractivity contribution < 1.29 is 19.7 Å². The summed E-state index contributed by atoms with van der Waals surface area (Å²) in [5.41, 5.74) is 1.97. The fourth-order valence-corrected chi connectivity index (χ4v) is 1.81. The molecular formula is C13H19NO4. The fraction of sp³-hybridized carbons (Fsp3) is 0.462. The van der Waals surface area contributed by atoms with Crippen LogP contribution in [0, 0.1) is 13.8 Å². The molecule has 0 spiro atoms. The summed E-state index contributed by atoms with van der Waals surface area (Å²) >= 11 is 0. The molecule has 1 atom stereocenters. The molecule has 0 aromatic heterocycles. The minimum absolute atomic E-state index is 0.208. The van der Waals surface area contributed by atoms with E-state index in [1.165, 1.54) is 0 Å². The van der Waals surface area contributed by atoms with E-state index < -0.39 is 12.0 Å². The summed E-state index contributed by atoms with van der Waals surface area (Å²) in [4.78, 5) is 11.2. The van der Waals surface area contributed by atoms with Gasteiger partial charge in [-0.25, -0.2) is 0 Å². The SMILES string of the molecule is COCCNC(C(=O)O)c1cc(C)c(O)c(C)c1. The van der Waals surface area contributed by atoms with Gasteiger partial charge in [-0.3, -0.25) is 10.1 Å². The molecule has 0 aliphatic carbocycles. The van der Waals surface area contributed by atoms with E-state index in [4.69, 9.17) is 4.74 Å². The highest BCUT2D eigenvalue weighted by Gasteiger charge is 2.20. The smallest absolute Gasteiger partial charge is 0.325 e. The van der Waals surface area contributed by atoms with Gasteiger partial charge in [-0.05, 0) is 30.5 Å². The molecule has 5 heteroatoms. The lowest BCUT2D eigenvalue weighted by Crippen LogP contribution is -2.31. The fourth-order valence-electron chi connectivity index (χ4n) is 1.81. The third-order valence-corrected chi connectivity index (χ3v) is 2.75. The highest BCUT2D eigenvalue weighted by atomic mass is 16.5. The molecule has 5 nitrogen and oxygen atoms in total. The number of aromatic hydroxyl groups is 1. The van der Waals surface area contributed by atoms with Crippen LogP contribution in [0.25, 0.3) is 0 Å². The number of carboxylic acid groups (broad SMARTS) is 1. The number of hydrogen-bond donors (Lipinski definition) is 3. The van der Waals surface area contributed by atoms with Gasteiger partial charge in [0.25, 0.3) is 0 Å². The van der Waals surface area contributed by atoms with Crippen molar-refractivity contribution in [3.8, 4) is 5.75 Å². The summed E-state index contributed by atoms with van der Waals surface area (Å²) in [7, 11) is 1.56. The van der Waals surface area contributed by atoms with E-state index >= 15 is 0 Å². The molecule has 0 fully saturated rings. The average molecular weight is 253 g/mol. The predicted molar refractivity (Wildman–Crippen MR) is 67.8 cm³/mol. The normalized spacial score (nSPS) is 12.4. The van der Waals surface area contributed by atoms with Gasteiger partial charge >= 0.3 is 5.97 Å². The molecule has 1 aromatic rings. The number of ether oxygens (including phenoxy) is 1. The number of carbonyl (C=O) groups is 1. The van der Waals surface area contributed by atoms with Crippen LogP contribution >= 0.6 is 0 Å². The number of phenols is 1. The van der Waals surface area contributed by atoms with Gasteiger partial charge in [-0.2, -0.15) is 0 Å². The molecular weight excluding hydrogens is 234 g/mol. The Morgan fingerprint density at radius 2 is 1.94 bits per heavy atom. The molecule has 1 rings (SSSR count). The number of aliphatic carboxylic acids is 1. The highest BCUT2D eigenvalue weighted by Crippen LogP contribution is 2.26. The Balaban J connectivity index is 2.95. The molecule has 0 bridgehead atoms. The first-order valence-corrected chi connectivity index (χ1v) is 5.72. The Bertz CT molecular complexity index is 408. The van der Waals surface area contributed by atoms with Crippen molar-refractivity contribution in [2.75, 3.05) is 20.3 Å². The molecule has 0 heterocycles. The third-order valence-electron chi connectivity index (χ3n) is 2.75. The average Bonchev–Trinajstić information content (AvgIpc) is 2.30. The van der Waals surface area contributed by atoms with E-state index in [1.54, 1.807) is 33.1 Å². The number of rotatable bonds is 6. The Labute approximate surface area is 106 Å². The number of hydrogen-bond acceptors (Lipinski definition) is 4. The number of aryl methyl sites for hydroxylation is 2. The van der Waals surface area contributed by atoms with Crippen molar-refractivity contribution in [2.24, 2.45) is 0 Å². The van der Waals surface area contributed by atoms with Crippen LogP contribution in [0.1, 0.15) is 22.7 Å². The first-order valence-electron chi connectivity index (χ1n) is 5.72. The van der Waals surface area contributed by atoms with Crippen LogP contribution in [-0.2, 0) is 9.53 Å². The van der Waals surface area contributed by atoms with Gasteiger partial charge < -0.3 is 14.9 Å². The molecule has 0 saturated carbocycles. The second-order valence-electron chi connectivity index (χ2n) is 4.22. The van der Waals surface area contributed by atoms with Crippen molar-refractivity contribution in [1.82, 2.24) is 5.32 Å². The molecule has 0 aliphatic rings. The van der Waals surface area contributed by atoms with Crippen LogP contribution in [0.3, 0.4) is 0 Å². The van der Waals surface area contributed by atoms with E-state index in [-0.39, 0.29) is 5.75 Å². The molecule has 0 saturated heterocycles. The summed E-state index contributed by atoms with van der Waals surface area (Å²) in [6, 6.07) is 2.57. The summed E-state index contributed by atoms with van der Waals surface area (Å²) in [5.74, 6) is -0.740. The highest BCUT2D eigenvalue weighted by molar-refractivity contribution is 5.76. The lowest BCUT2D eigenvalue weighted by Gasteiger charge is -2.16. The number of methoxy groups -OCH3 is 1. The molecule has 0 amide bonds. The first kappa shape index (κ1) is 14.5. The van der Waals surface area contributed by atoms with Gasteiger partial charge in [0, 0.05) is 13.7 Å². The van der Waals surface area contributed by atoms with Crippen LogP contribution < -0.4 is 5.32 Å². The summed E-state index contributed by atoms with van der Waals surface area (Å²) in [5, 5.41) is 21.8. The van der Waals surface area contributed by atoms with E-state index in [9.17, 15) is 15.0 Å². The standard InChI is InChI=1S/C13H19NO4/c1-8-6-10(7-9(2)12(8)15)11(13(16)17)14-4-5-18-3/h6-7,11,14-15H,4-5H2,1-3H3,(H,16,17). The Kier molecular flexibility index (Phi) is 5.12. The van der Waals surface area contributed by atoms with Crippen LogP contribution in [0.2, 0.25) is 0 Å². The minimum atomic E-state index is -0.949. The second kappa shape index (κ2) is 6.37. The largest absolute Gasteiger partial charge is 0.507 e. The van der Waals surface area contributed by atoms with E-state index in [0.717, 1.165) is 0 Å². The monoisotopic (exact) mass is 253 g/mol. The Hall–Kier alpha value is -1.59. The lowest BCUT2D eigenvalue weighted by atomic mass is 10.0. The van der Waals surface area contributed by atoms with Crippen LogP contribution in [0.4, 0.5) is 0 Å². The lowest BCUT2D eigenvalue weighted by molar-refractivity contribution is -0.139. The molecule has 100 valence electrons. The maximum atomic E-state index is 11.2. The molecule has 3 N–H and O–H groups in total. The minimum Gasteiger partial charge on any atom is -0.507 e. The second-order valence-corrected chi connectivity index (χ2v) is 4.22. The van der Waals surface area contributed by atoms with Gasteiger partial charge in [0.2, 0.25) is 0 Å². The molecule has 0 radical (unpaired) electrons. The van der Waals surface area contributed by atoms with E-state index in [2.05, 4.69) is 5.32 Å². The summed E-state index contributed by atoms with van der Waals surface area (Å²) in [6.45, 7) is 4.39. The van der Waals surface area contributed by atoms with Crippen molar-refractivity contribution in [1.29, 1.82) is 0 Å². The van der Waals surface area contributed by atoms with Gasteiger partial charge in [-0.1, -0.05) is 12.1 Å². The maximum absolute atomic E-state index is 11.2. The quantitative estimate of drug-likeness (QED) is 0.667. The third kappa shape index (κ3) is 3.45. The van der Waals surface area contributed by atoms with Gasteiger partial charge in [0.1, 0.15) is 11.8 Å². The molecule has 1 unspecified atom stereocenters. The Morgan fingerprint density at radius 3 is 2.39 bits per heavy atom. The van der Waals surface area contributed by atoms with Crippen LogP contribution in [0.15, 0.2) is 12.1 Å². The van der Waals surface area contributed by atoms with E-state index in [0.29, 0.717) is 29.8 Å². The Morgan fingerprint density at radius 1 is 1.39 bits per heavy atom. The van der Waals surface area contributed by atoms with Crippen LogP contribution in [0.5, 0.6) is 5.75 Å². The van der Waals surface area contributed by atoms with Gasteiger partial charge in [0.15, 0.2) is 0 Å². The van der Waals surface area contributed by atoms with Crippen LogP contribution in [-0.4, -0.2) is 36.4 Å². The van der Waals surface area contributed by atoms with Crippen molar-refractivity contribution in [2.45, 2.75) is 19.9 Å². The zero-order valence-electron chi connectivity index (χ0n) is 10.9. The number of carboxylic acids is 1. The zero-order chi connectivity index (χ0) is 13.7. The zero-order valence-corrected chi connectivity index (χ0v) is 10.9. The molecule has 1 aromatic carbocycles. The number of benzene rings is 1. The summed E-state index contributed by atoms with van der Waals surface area (Å²) in [6.07, 6.45) is 0. The van der Waals surface area contributed by atoms with Crippen molar-refractivity contribution >= 4 is 5.97 Å². The van der Waals surface area contributed by atoms with Crippen molar-refractivity contribution in [3.63, 3.8) is 0 Å². The van der Waals surface area contributed by atoms with Crippen molar-refractivity contribution in [3.05, 3.63) is 28.8 Å². The van der Waals surface area contributed by atoms with Gasteiger partial charge in [0.05, 0.1) is 6.61 Å². The molecule has 18 heavy (non-hydrogen) atoms. The topological polar surface area (TPSA) is 78.8 Å².